The lowest BCUT2D eigenvalue weighted by Crippen LogP contribution is -2.30. The molecule has 0 fully saturated rings. The van der Waals surface area contributed by atoms with Crippen molar-refractivity contribution in [2.24, 2.45) is 12.0 Å². The van der Waals surface area contributed by atoms with Crippen LogP contribution in [0.25, 0.3) is 0 Å². The summed E-state index contributed by atoms with van der Waals surface area (Å²) >= 11 is 1.24. The van der Waals surface area contributed by atoms with E-state index in [1.807, 2.05) is 11.6 Å². The van der Waals surface area contributed by atoms with Crippen molar-refractivity contribution in [3.63, 3.8) is 0 Å². The van der Waals surface area contributed by atoms with E-state index in [-0.39, 0.29) is 4.90 Å². The molecule has 0 aliphatic carbocycles. The van der Waals surface area contributed by atoms with Crippen LogP contribution in [0.15, 0.2) is 45.7 Å². The second-order valence-electron chi connectivity index (χ2n) is 4.13. The third kappa shape index (κ3) is 3.34. The third-order valence-electron chi connectivity index (χ3n) is 2.51. The number of benzene rings is 1. The molecule has 0 spiro atoms. The first-order valence-electron chi connectivity index (χ1n) is 5.67. The van der Waals surface area contributed by atoms with Gasteiger partial charge in [0, 0.05) is 18.6 Å². The number of carbonyl (C=O) groups is 1. The monoisotopic (exact) mass is 311 g/mol. The smallest absolute Gasteiger partial charge is 0.327 e. The minimum Gasteiger partial charge on any atom is -0.327 e. The van der Waals surface area contributed by atoms with Crippen LogP contribution in [0, 0.1) is 6.92 Å². The van der Waals surface area contributed by atoms with E-state index >= 15 is 0 Å². The topological polar surface area (TPSA) is 80.5 Å². The third-order valence-corrected chi connectivity index (χ3v) is 4.69. The van der Waals surface area contributed by atoms with E-state index in [9.17, 15) is 13.2 Å². The van der Waals surface area contributed by atoms with Crippen molar-refractivity contribution in [2.75, 3.05) is 0 Å². The Balaban J connectivity index is 2.23. The largest absolute Gasteiger partial charge is 0.357 e. The van der Waals surface area contributed by atoms with E-state index < -0.39 is 16.1 Å². The fraction of sp³-hybridized carbons (Fsp3) is 0.167. The summed E-state index contributed by atoms with van der Waals surface area (Å²) in [5.74, 6) is 0. The van der Waals surface area contributed by atoms with Gasteiger partial charge in [-0.2, -0.15) is 4.99 Å². The molecule has 0 aliphatic rings. The second kappa shape index (κ2) is 5.59. The van der Waals surface area contributed by atoms with Gasteiger partial charge in [-0.05, 0) is 19.1 Å². The van der Waals surface area contributed by atoms with E-state index in [2.05, 4.69) is 4.99 Å². The summed E-state index contributed by atoms with van der Waals surface area (Å²) in [6.07, 6.45) is 1.73. The van der Waals surface area contributed by atoms with E-state index in [0.29, 0.717) is 4.80 Å². The van der Waals surface area contributed by atoms with Gasteiger partial charge in [-0.3, -0.25) is 0 Å². The molecule has 2 amide bonds. The number of rotatable bonds is 2. The van der Waals surface area contributed by atoms with Crippen LogP contribution in [-0.2, 0) is 17.1 Å². The molecule has 0 atom stereocenters. The maximum atomic E-state index is 12.0. The van der Waals surface area contributed by atoms with Gasteiger partial charge in [0.2, 0.25) is 0 Å². The van der Waals surface area contributed by atoms with Crippen LogP contribution >= 0.6 is 11.3 Å². The van der Waals surface area contributed by atoms with Crippen molar-refractivity contribution in [2.45, 2.75) is 11.8 Å². The van der Waals surface area contributed by atoms with Crippen molar-refractivity contribution < 1.29 is 13.2 Å². The van der Waals surface area contributed by atoms with Crippen LogP contribution in [-0.4, -0.2) is 19.0 Å². The first-order valence-corrected chi connectivity index (χ1v) is 8.03. The van der Waals surface area contributed by atoms with Crippen LogP contribution in [0.2, 0.25) is 0 Å². The number of aromatic nitrogens is 1. The first-order chi connectivity index (χ1) is 9.38. The zero-order valence-electron chi connectivity index (χ0n) is 10.9. The molecule has 0 bridgehead atoms. The number of amides is 2. The Morgan fingerprint density at radius 3 is 2.50 bits per heavy atom. The minimum atomic E-state index is -3.89. The van der Waals surface area contributed by atoms with E-state index in [4.69, 9.17) is 0 Å². The van der Waals surface area contributed by atoms with Gasteiger partial charge in [0.25, 0.3) is 10.0 Å². The van der Waals surface area contributed by atoms with Crippen LogP contribution in [0.3, 0.4) is 0 Å². The summed E-state index contributed by atoms with van der Waals surface area (Å²) in [6.45, 7) is 1.85. The zero-order chi connectivity index (χ0) is 14.8. The van der Waals surface area contributed by atoms with Crippen molar-refractivity contribution in [1.29, 1.82) is 0 Å². The summed E-state index contributed by atoms with van der Waals surface area (Å²) in [4.78, 5) is 15.8. The lowest BCUT2D eigenvalue weighted by Gasteiger charge is -2.04. The molecular formula is C12H13N3O3S2. The molecule has 2 aromatic rings. The van der Waals surface area contributed by atoms with Gasteiger partial charge < -0.3 is 4.57 Å². The van der Waals surface area contributed by atoms with Gasteiger partial charge in [-0.1, -0.05) is 17.7 Å². The lowest BCUT2D eigenvalue weighted by molar-refractivity contribution is 0.253. The highest BCUT2D eigenvalue weighted by Gasteiger charge is 2.16. The zero-order valence-corrected chi connectivity index (χ0v) is 12.5. The quantitative estimate of drug-likeness (QED) is 0.910. The Morgan fingerprint density at radius 2 is 1.95 bits per heavy atom. The fourth-order valence-corrected chi connectivity index (χ4v) is 3.05. The number of urea groups is 1. The van der Waals surface area contributed by atoms with Crippen LogP contribution in [0.4, 0.5) is 4.79 Å². The van der Waals surface area contributed by atoms with Gasteiger partial charge >= 0.3 is 6.03 Å². The van der Waals surface area contributed by atoms with E-state index in [1.165, 1.54) is 23.5 Å². The Labute approximate surface area is 120 Å². The maximum Gasteiger partial charge on any atom is 0.357 e. The SMILES string of the molecule is Cc1ccc(S(=O)(=O)NC(=O)N=c2sccn2C)cc1. The number of hydrogen-bond donors (Lipinski definition) is 1. The van der Waals surface area contributed by atoms with Crippen molar-refractivity contribution in [3.8, 4) is 0 Å². The number of aryl methyl sites for hydroxylation is 2. The Kier molecular flexibility index (Phi) is 4.05. The maximum absolute atomic E-state index is 12.0. The molecule has 0 radical (unpaired) electrons. The van der Waals surface area contributed by atoms with Gasteiger partial charge in [0.15, 0.2) is 4.80 Å². The molecule has 106 valence electrons. The number of carbonyl (C=O) groups excluding carboxylic acids is 1. The molecule has 0 saturated heterocycles. The van der Waals surface area contributed by atoms with Crippen molar-refractivity contribution >= 4 is 27.4 Å². The summed E-state index contributed by atoms with van der Waals surface area (Å²) in [7, 11) is -2.17. The molecule has 2 rings (SSSR count). The summed E-state index contributed by atoms with van der Waals surface area (Å²) in [6, 6.07) is 5.29. The standard InChI is InChI=1S/C12H13N3O3S2/c1-9-3-5-10(6-4-9)20(17,18)14-11(16)13-12-15(2)7-8-19-12/h3-8H,1-2H3,(H,14,16). The average molecular weight is 311 g/mol. The number of nitrogens with one attached hydrogen (secondary N) is 1. The molecule has 6 nitrogen and oxygen atoms in total. The minimum absolute atomic E-state index is 0.0298. The van der Waals surface area contributed by atoms with Gasteiger partial charge in [0.1, 0.15) is 0 Å². The van der Waals surface area contributed by atoms with Crippen molar-refractivity contribution in [3.05, 3.63) is 46.2 Å². The first kappa shape index (κ1) is 14.5. The predicted octanol–water partition coefficient (Wildman–Crippen LogP) is 1.39. The molecule has 1 N–H and O–H groups in total. The molecule has 1 aromatic carbocycles. The highest BCUT2D eigenvalue weighted by Crippen LogP contribution is 2.09. The summed E-state index contributed by atoms with van der Waals surface area (Å²) in [5.41, 5.74) is 0.936. The molecule has 0 unspecified atom stereocenters. The van der Waals surface area contributed by atoms with Crippen molar-refractivity contribution in [1.82, 2.24) is 9.29 Å². The van der Waals surface area contributed by atoms with Crippen LogP contribution in [0.1, 0.15) is 5.56 Å². The van der Waals surface area contributed by atoms with Gasteiger partial charge in [0.05, 0.1) is 4.90 Å². The molecular weight excluding hydrogens is 298 g/mol. The molecule has 0 saturated carbocycles. The van der Waals surface area contributed by atoms with Crippen LogP contribution < -0.4 is 9.52 Å². The number of sulfonamides is 1. The van der Waals surface area contributed by atoms with Gasteiger partial charge in [-0.15, -0.1) is 11.3 Å². The highest BCUT2D eigenvalue weighted by molar-refractivity contribution is 7.90. The fourth-order valence-electron chi connectivity index (χ4n) is 1.44. The Hall–Kier alpha value is -1.93. The average Bonchev–Trinajstić information content (AvgIpc) is 2.74. The summed E-state index contributed by atoms with van der Waals surface area (Å²) in [5, 5.41) is 1.75. The lowest BCUT2D eigenvalue weighted by atomic mass is 10.2. The number of thiazole rings is 1. The molecule has 0 aliphatic heterocycles. The number of nitrogens with zero attached hydrogens (tertiary/aromatic N) is 2. The number of hydrogen-bond acceptors (Lipinski definition) is 4. The van der Waals surface area contributed by atoms with E-state index in [0.717, 1.165) is 5.56 Å². The molecule has 8 heteroatoms. The molecule has 1 heterocycles. The van der Waals surface area contributed by atoms with E-state index in [1.54, 1.807) is 35.3 Å². The second-order valence-corrected chi connectivity index (χ2v) is 6.69. The normalized spacial score (nSPS) is 12.4. The van der Waals surface area contributed by atoms with Gasteiger partial charge in [-0.25, -0.2) is 17.9 Å². The highest BCUT2D eigenvalue weighted by atomic mass is 32.2. The summed E-state index contributed by atoms with van der Waals surface area (Å²) < 4.78 is 27.5. The molecule has 1 aromatic heterocycles. The molecule has 20 heavy (non-hydrogen) atoms. The predicted molar refractivity (Wildman–Crippen MR) is 75.7 cm³/mol. The Bertz CT molecular complexity index is 786. The van der Waals surface area contributed by atoms with Crippen LogP contribution in [0.5, 0.6) is 0 Å². The Morgan fingerprint density at radius 1 is 1.30 bits per heavy atom.